The van der Waals surface area contributed by atoms with E-state index in [4.69, 9.17) is 0 Å². The van der Waals surface area contributed by atoms with Crippen LogP contribution in [0.15, 0.2) is 12.1 Å². The van der Waals surface area contributed by atoms with Gasteiger partial charge in [0.15, 0.2) is 23.3 Å². The highest BCUT2D eigenvalue weighted by Crippen LogP contribution is 2.24. The highest BCUT2D eigenvalue weighted by atomic mass is 19.2. The Bertz CT molecular complexity index is 661. The summed E-state index contributed by atoms with van der Waals surface area (Å²) in [6, 6.07) is 1.85. The minimum Gasteiger partial charge on any atom is -0.311 e. The van der Waals surface area contributed by atoms with Gasteiger partial charge in [0.2, 0.25) is 0 Å². The van der Waals surface area contributed by atoms with Crippen LogP contribution in [-0.2, 0) is 19.4 Å². The molecule has 21 heavy (non-hydrogen) atoms. The summed E-state index contributed by atoms with van der Waals surface area (Å²) in [5.74, 6) is -3.72. The molecule has 0 saturated heterocycles. The number of hydrogen-bond acceptors (Lipinski definition) is 3. The smallest absolute Gasteiger partial charge is 0.194 e. The molecule has 0 fully saturated rings. The summed E-state index contributed by atoms with van der Waals surface area (Å²) in [6.07, 6.45) is 1.55. The first-order valence-electron chi connectivity index (χ1n) is 6.84. The van der Waals surface area contributed by atoms with Gasteiger partial charge in [0.05, 0.1) is 5.69 Å². The normalized spacial score (nSPS) is 14.1. The highest BCUT2D eigenvalue weighted by Gasteiger charge is 2.19. The Kier molecular flexibility index (Phi) is 3.63. The lowest BCUT2D eigenvalue weighted by atomic mass is 10.0. The molecule has 2 aromatic rings. The first-order chi connectivity index (χ1) is 10.1. The third-order valence-electron chi connectivity index (χ3n) is 3.60. The maximum atomic E-state index is 13.4. The molecular formula is C15H14F3N3. The molecular weight excluding hydrogens is 279 g/mol. The Morgan fingerprint density at radius 1 is 1.14 bits per heavy atom. The molecule has 0 atom stereocenters. The molecule has 0 unspecified atom stereocenters. The monoisotopic (exact) mass is 293 g/mol. The number of aromatic nitrogens is 2. The van der Waals surface area contributed by atoms with E-state index in [1.165, 1.54) is 0 Å². The number of hydrogen-bond donors (Lipinski definition) is 1. The summed E-state index contributed by atoms with van der Waals surface area (Å²) >= 11 is 0. The van der Waals surface area contributed by atoms with Gasteiger partial charge in [-0.15, -0.1) is 0 Å². The molecule has 110 valence electrons. The van der Waals surface area contributed by atoms with Gasteiger partial charge in [-0.1, -0.05) is 6.92 Å². The van der Waals surface area contributed by atoms with Crippen LogP contribution in [0.25, 0.3) is 11.4 Å². The van der Waals surface area contributed by atoms with E-state index < -0.39 is 17.5 Å². The molecule has 1 aliphatic heterocycles. The van der Waals surface area contributed by atoms with E-state index in [0.29, 0.717) is 13.0 Å². The molecule has 0 radical (unpaired) electrons. The van der Waals surface area contributed by atoms with E-state index in [9.17, 15) is 13.2 Å². The summed E-state index contributed by atoms with van der Waals surface area (Å²) in [7, 11) is 0. The quantitative estimate of drug-likeness (QED) is 0.865. The summed E-state index contributed by atoms with van der Waals surface area (Å²) in [4.78, 5) is 8.77. The van der Waals surface area contributed by atoms with Gasteiger partial charge < -0.3 is 5.32 Å². The molecule has 1 aromatic heterocycles. The standard InChI is InChI=1S/C15H14F3N3/c1-2-12-9-3-4-19-7-13(9)21-15(20-12)8-5-10(16)14(18)11(17)6-8/h5-6,19H,2-4,7H2,1H3. The third-order valence-corrected chi connectivity index (χ3v) is 3.60. The van der Waals surface area contributed by atoms with Crippen molar-refractivity contribution in [2.24, 2.45) is 0 Å². The second-order valence-corrected chi connectivity index (χ2v) is 4.95. The lowest BCUT2D eigenvalue weighted by molar-refractivity contribution is 0.447. The van der Waals surface area contributed by atoms with Gasteiger partial charge >= 0.3 is 0 Å². The van der Waals surface area contributed by atoms with E-state index in [1.807, 2.05) is 6.92 Å². The van der Waals surface area contributed by atoms with Gasteiger partial charge in [0, 0.05) is 17.8 Å². The molecule has 0 saturated carbocycles. The number of halogens is 3. The molecule has 1 aliphatic rings. The van der Waals surface area contributed by atoms with Crippen LogP contribution in [0.2, 0.25) is 0 Å². The highest BCUT2D eigenvalue weighted by molar-refractivity contribution is 5.56. The van der Waals surface area contributed by atoms with Gasteiger partial charge in [-0.2, -0.15) is 0 Å². The second-order valence-electron chi connectivity index (χ2n) is 4.95. The Morgan fingerprint density at radius 3 is 2.52 bits per heavy atom. The number of fused-ring (bicyclic) bond motifs is 1. The van der Waals surface area contributed by atoms with Crippen molar-refractivity contribution in [1.82, 2.24) is 15.3 Å². The van der Waals surface area contributed by atoms with Crippen molar-refractivity contribution in [3.8, 4) is 11.4 Å². The summed E-state index contributed by atoms with van der Waals surface area (Å²) in [5, 5.41) is 3.20. The van der Waals surface area contributed by atoms with Crippen LogP contribution in [-0.4, -0.2) is 16.5 Å². The van der Waals surface area contributed by atoms with Crippen LogP contribution in [0.1, 0.15) is 23.9 Å². The molecule has 0 spiro atoms. The Morgan fingerprint density at radius 2 is 1.86 bits per heavy atom. The number of rotatable bonds is 2. The maximum Gasteiger partial charge on any atom is 0.194 e. The van der Waals surface area contributed by atoms with Crippen LogP contribution in [0.3, 0.4) is 0 Å². The minimum absolute atomic E-state index is 0.148. The number of nitrogens with one attached hydrogen (secondary N) is 1. The predicted octanol–water partition coefficient (Wildman–Crippen LogP) is 2.77. The molecule has 1 N–H and O–H groups in total. The summed E-state index contributed by atoms with van der Waals surface area (Å²) in [5.41, 5.74) is 2.97. The molecule has 2 heterocycles. The van der Waals surface area contributed by atoms with Crippen LogP contribution in [0.5, 0.6) is 0 Å². The summed E-state index contributed by atoms with van der Waals surface area (Å²) < 4.78 is 39.8. The first-order valence-corrected chi connectivity index (χ1v) is 6.84. The lowest BCUT2D eigenvalue weighted by Crippen LogP contribution is -2.26. The summed E-state index contributed by atoms with van der Waals surface area (Å²) in [6.45, 7) is 3.44. The van der Waals surface area contributed by atoms with E-state index >= 15 is 0 Å². The zero-order valence-electron chi connectivity index (χ0n) is 11.5. The average Bonchev–Trinajstić information content (AvgIpc) is 2.51. The van der Waals surface area contributed by atoms with Gasteiger partial charge in [-0.05, 0) is 37.1 Å². The maximum absolute atomic E-state index is 13.4. The third kappa shape index (κ3) is 2.51. The number of aryl methyl sites for hydroxylation is 1. The van der Waals surface area contributed by atoms with Crippen molar-refractivity contribution in [3.05, 3.63) is 46.5 Å². The van der Waals surface area contributed by atoms with Gasteiger partial charge in [0.25, 0.3) is 0 Å². The van der Waals surface area contributed by atoms with Gasteiger partial charge in [-0.3, -0.25) is 0 Å². The first kappa shape index (κ1) is 14.0. The molecule has 0 bridgehead atoms. The zero-order valence-corrected chi connectivity index (χ0v) is 11.5. The lowest BCUT2D eigenvalue weighted by Gasteiger charge is -2.19. The van der Waals surface area contributed by atoms with Crippen LogP contribution in [0, 0.1) is 17.5 Å². The SMILES string of the molecule is CCc1nc(-c2cc(F)c(F)c(F)c2)nc2c1CCNC2. The fourth-order valence-electron chi connectivity index (χ4n) is 2.54. The van der Waals surface area contributed by atoms with E-state index in [2.05, 4.69) is 15.3 Å². The topological polar surface area (TPSA) is 37.8 Å². The second kappa shape index (κ2) is 5.44. The largest absolute Gasteiger partial charge is 0.311 e. The number of benzene rings is 1. The van der Waals surface area contributed by atoms with Gasteiger partial charge in [-0.25, -0.2) is 23.1 Å². The Hall–Kier alpha value is -1.95. The zero-order chi connectivity index (χ0) is 15.0. The number of nitrogens with zero attached hydrogens (tertiary/aromatic N) is 2. The van der Waals surface area contributed by atoms with Crippen molar-refractivity contribution in [2.75, 3.05) is 6.54 Å². The molecule has 0 aliphatic carbocycles. The van der Waals surface area contributed by atoms with Crippen LogP contribution < -0.4 is 5.32 Å². The molecule has 3 rings (SSSR count). The van der Waals surface area contributed by atoms with Crippen molar-refractivity contribution in [2.45, 2.75) is 26.3 Å². The molecule has 1 aromatic carbocycles. The van der Waals surface area contributed by atoms with Gasteiger partial charge in [0.1, 0.15) is 0 Å². The van der Waals surface area contributed by atoms with E-state index in [-0.39, 0.29) is 11.4 Å². The molecule has 0 amide bonds. The van der Waals surface area contributed by atoms with E-state index in [0.717, 1.165) is 42.0 Å². The minimum atomic E-state index is -1.48. The fraction of sp³-hybridized carbons (Fsp3) is 0.333. The molecule has 6 heteroatoms. The average molecular weight is 293 g/mol. The fourth-order valence-corrected chi connectivity index (χ4v) is 2.54. The Balaban J connectivity index is 2.15. The van der Waals surface area contributed by atoms with E-state index in [1.54, 1.807) is 0 Å². The van der Waals surface area contributed by atoms with Crippen LogP contribution in [0.4, 0.5) is 13.2 Å². The predicted molar refractivity (Wildman–Crippen MR) is 72.1 cm³/mol. The van der Waals surface area contributed by atoms with Crippen molar-refractivity contribution in [1.29, 1.82) is 0 Å². The van der Waals surface area contributed by atoms with Crippen molar-refractivity contribution in [3.63, 3.8) is 0 Å². The Labute approximate surface area is 120 Å². The van der Waals surface area contributed by atoms with Crippen LogP contribution >= 0.6 is 0 Å². The molecule has 3 nitrogen and oxygen atoms in total. The van der Waals surface area contributed by atoms with Crippen molar-refractivity contribution < 1.29 is 13.2 Å². The van der Waals surface area contributed by atoms with Crippen molar-refractivity contribution >= 4 is 0 Å².